The number of unbranched alkanes of at least 4 members (excludes halogenated alkanes) is 20. The molecule has 0 rings (SSSR count). The van der Waals surface area contributed by atoms with Gasteiger partial charge in [-0.05, 0) is 49.4 Å². The smallest absolute Gasteiger partial charge is 0.550 e. The van der Waals surface area contributed by atoms with Crippen molar-refractivity contribution in [3.05, 3.63) is 0 Å². The van der Waals surface area contributed by atoms with E-state index in [0.717, 1.165) is 25.7 Å². The van der Waals surface area contributed by atoms with Crippen LogP contribution in [0.3, 0.4) is 0 Å². The molecule has 0 amide bonds. The van der Waals surface area contributed by atoms with Crippen LogP contribution >= 0.6 is 0 Å². The molecule has 0 aromatic carbocycles. The second-order valence-electron chi connectivity index (χ2n) is 10.8. The van der Waals surface area contributed by atoms with Crippen molar-refractivity contribution in [2.75, 3.05) is 0 Å². The van der Waals surface area contributed by atoms with Crippen LogP contribution in [-0.2, 0) is 29.1 Å². The number of carboxylic acid groups (broad SMARTS) is 2. The Morgan fingerprint density at radius 1 is 0.395 bits per heavy atom. The molecule has 0 N–H and O–H groups in total. The summed E-state index contributed by atoms with van der Waals surface area (Å²) in [5.74, 6) is 20.2. The Bertz CT molecular complexity index is 806. The quantitative estimate of drug-likeness (QED) is 0.0614. The van der Waals surface area contributed by atoms with Crippen LogP contribution in [0, 0.1) is 47.4 Å². The minimum Gasteiger partial charge on any atom is -0.550 e. The maximum Gasteiger partial charge on any atom is 2.00 e. The van der Waals surface area contributed by atoms with E-state index in [9.17, 15) is 19.8 Å². The van der Waals surface area contributed by atoms with Crippen molar-refractivity contribution in [1.82, 2.24) is 0 Å². The van der Waals surface area contributed by atoms with Crippen LogP contribution in [0.25, 0.3) is 0 Å². The molecule has 0 heterocycles. The molecule has 0 fully saturated rings. The van der Waals surface area contributed by atoms with E-state index in [1.165, 1.54) is 116 Å². The molecule has 5 heteroatoms. The molecule has 43 heavy (non-hydrogen) atoms. The normalized spacial score (nSPS) is 9.16. The predicted molar refractivity (Wildman–Crippen MR) is 173 cm³/mol. The number of rotatable bonds is 24. The van der Waals surface area contributed by atoms with Gasteiger partial charge in [-0.15, -0.1) is 0 Å². The van der Waals surface area contributed by atoms with Crippen LogP contribution in [0.5, 0.6) is 0 Å². The van der Waals surface area contributed by atoms with E-state index in [1.54, 1.807) is 0 Å². The van der Waals surface area contributed by atoms with Gasteiger partial charge < -0.3 is 19.8 Å². The second-order valence-corrected chi connectivity index (χ2v) is 10.8. The SMILES string of the molecule is CCCCCCCCCCCCC#CC#CCCC(=O)[O-].CCCCCCCCCCCCC#CC#CCCC(=O)[O-].[Zn+2]. The molecule has 0 spiro atoms. The van der Waals surface area contributed by atoms with Gasteiger partial charge in [0.15, 0.2) is 0 Å². The van der Waals surface area contributed by atoms with Crippen molar-refractivity contribution < 1.29 is 39.3 Å². The molecule has 0 aromatic rings. The summed E-state index contributed by atoms with van der Waals surface area (Å²) in [4.78, 5) is 20.3. The Kier molecular flexibility index (Phi) is 44.1. The van der Waals surface area contributed by atoms with Crippen LogP contribution in [0.15, 0.2) is 0 Å². The number of aliphatic carboxylic acids is 2. The van der Waals surface area contributed by atoms with Gasteiger partial charge in [0, 0.05) is 37.6 Å². The zero-order chi connectivity index (χ0) is 31.2. The Morgan fingerprint density at radius 3 is 0.884 bits per heavy atom. The molecule has 0 unspecified atom stereocenters. The summed E-state index contributed by atoms with van der Waals surface area (Å²) in [6, 6.07) is 0. The first-order valence-corrected chi connectivity index (χ1v) is 16.9. The van der Waals surface area contributed by atoms with Gasteiger partial charge in [0.2, 0.25) is 0 Å². The summed E-state index contributed by atoms with van der Waals surface area (Å²) in [5.41, 5.74) is 0. The summed E-state index contributed by atoms with van der Waals surface area (Å²) < 4.78 is 0. The number of hydrogen-bond donors (Lipinski definition) is 0. The van der Waals surface area contributed by atoms with Gasteiger partial charge in [-0.1, -0.05) is 153 Å². The van der Waals surface area contributed by atoms with Crippen molar-refractivity contribution >= 4 is 11.9 Å². The minimum atomic E-state index is -1.05. The largest absolute Gasteiger partial charge is 2.00 e. The third-order valence-corrected chi connectivity index (χ3v) is 6.70. The molecule has 4 nitrogen and oxygen atoms in total. The van der Waals surface area contributed by atoms with Crippen LogP contribution in [0.2, 0.25) is 0 Å². The van der Waals surface area contributed by atoms with E-state index in [4.69, 9.17) is 0 Å². The minimum absolute atomic E-state index is 0. The molecule has 0 saturated heterocycles. The first-order valence-electron chi connectivity index (χ1n) is 16.9. The summed E-state index contributed by atoms with van der Waals surface area (Å²) in [7, 11) is 0. The Morgan fingerprint density at radius 2 is 0.628 bits per heavy atom. The molecule has 0 saturated carbocycles. The zero-order valence-electron chi connectivity index (χ0n) is 27.7. The van der Waals surface area contributed by atoms with Crippen LogP contribution in [0.4, 0.5) is 0 Å². The summed E-state index contributed by atoms with van der Waals surface area (Å²) in [6.07, 6.45) is 29.1. The van der Waals surface area contributed by atoms with E-state index in [0.29, 0.717) is 12.8 Å². The molecular formula is C38H58O4Zn. The maximum absolute atomic E-state index is 10.1. The number of hydrogen-bond acceptors (Lipinski definition) is 4. The van der Waals surface area contributed by atoms with Crippen molar-refractivity contribution in [3.8, 4) is 47.4 Å². The number of carbonyl (C=O) groups excluding carboxylic acids is 2. The van der Waals surface area contributed by atoms with E-state index in [2.05, 4.69) is 61.2 Å². The first-order chi connectivity index (χ1) is 20.5. The average molecular weight is 644 g/mol. The van der Waals surface area contributed by atoms with Crippen molar-refractivity contribution in [2.45, 2.75) is 181 Å². The van der Waals surface area contributed by atoms with Crippen LogP contribution in [0.1, 0.15) is 181 Å². The topological polar surface area (TPSA) is 80.3 Å². The van der Waals surface area contributed by atoms with Gasteiger partial charge in [0.1, 0.15) is 0 Å². The average Bonchev–Trinajstić information content (AvgIpc) is 2.97. The first kappa shape index (κ1) is 45.2. The third-order valence-electron chi connectivity index (χ3n) is 6.70. The van der Waals surface area contributed by atoms with E-state index in [-0.39, 0.29) is 32.3 Å². The van der Waals surface area contributed by atoms with Crippen LogP contribution in [-0.4, -0.2) is 11.9 Å². The molecule has 0 aromatic heterocycles. The molecule has 0 atom stereocenters. The molecule has 236 valence electrons. The summed E-state index contributed by atoms with van der Waals surface area (Å²) >= 11 is 0. The van der Waals surface area contributed by atoms with Crippen molar-refractivity contribution in [1.29, 1.82) is 0 Å². The van der Waals surface area contributed by atoms with Gasteiger partial charge in [0.25, 0.3) is 0 Å². The molecule has 0 aliphatic carbocycles. The third kappa shape index (κ3) is 49.8. The van der Waals surface area contributed by atoms with E-state index < -0.39 is 11.9 Å². The van der Waals surface area contributed by atoms with Crippen molar-refractivity contribution in [3.63, 3.8) is 0 Å². The molecular weight excluding hydrogens is 586 g/mol. The molecule has 0 bridgehead atoms. The number of carboxylic acids is 2. The molecule has 0 radical (unpaired) electrons. The Labute approximate surface area is 278 Å². The zero-order valence-corrected chi connectivity index (χ0v) is 30.7. The predicted octanol–water partition coefficient (Wildman–Crippen LogP) is 7.67. The standard InChI is InChI=1S/2C19H30O2.Zn/c2*1-2-3-4-5-6-7-8-9-10-11-12-13-14-15-16-17-18-19(20)21;/h2*2-12,17-18H2,1H3,(H,20,21);/q;;+2/p-2. The fraction of sp³-hybridized carbons (Fsp3) is 0.737. The number of carbonyl (C=O) groups is 2. The van der Waals surface area contributed by atoms with Gasteiger partial charge in [0.05, 0.1) is 0 Å². The van der Waals surface area contributed by atoms with E-state index >= 15 is 0 Å². The fourth-order valence-corrected chi connectivity index (χ4v) is 4.16. The molecule has 0 aliphatic heterocycles. The van der Waals surface area contributed by atoms with Gasteiger partial charge in [-0.3, -0.25) is 0 Å². The van der Waals surface area contributed by atoms with E-state index in [1.807, 2.05) is 0 Å². The second kappa shape index (κ2) is 41.9. The van der Waals surface area contributed by atoms with Crippen molar-refractivity contribution in [2.24, 2.45) is 0 Å². The fourth-order valence-electron chi connectivity index (χ4n) is 4.16. The molecule has 0 aliphatic rings. The summed E-state index contributed by atoms with van der Waals surface area (Å²) in [5, 5.41) is 20.3. The van der Waals surface area contributed by atoms with Gasteiger partial charge in [-0.25, -0.2) is 0 Å². The Hall–Kier alpha value is -2.20. The van der Waals surface area contributed by atoms with Gasteiger partial charge >= 0.3 is 19.5 Å². The monoisotopic (exact) mass is 642 g/mol. The Balaban J connectivity index is -0.000000727. The maximum atomic E-state index is 10.1. The summed E-state index contributed by atoms with van der Waals surface area (Å²) in [6.45, 7) is 4.50. The van der Waals surface area contributed by atoms with Gasteiger partial charge in [-0.2, -0.15) is 0 Å². The van der Waals surface area contributed by atoms with Crippen LogP contribution < -0.4 is 10.2 Å².